The van der Waals surface area contributed by atoms with Crippen molar-refractivity contribution >= 4 is 17.6 Å². The van der Waals surface area contributed by atoms with Crippen LogP contribution < -0.4 is 10.1 Å². The number of rotatable bonds is 2. The van der Waals surface area contributed by atoms with E-state index in [0.29, 0.717) is 18.0 Å². The predicted molar refractivity (Wildman–Crippen MR) is 76.3 cm³/mol. The molecule has 0 aliphatic carbocycles. The lowest BCUT2D eigenvalue weighted by atomic mass is 9.96. The van der Waals surface area contributed by atoms with Crippen molar-refractivity contribution < 1.29 is 14.6 Å². The molecule has 3 rings (SSSR count). The smallest absolute Gasteiger partial charge is 0.307 e. The van der Waals surface area contributed by atoms with Gasteiger partial charge in [0.1, 0.15) is 11.4 Å². The molecular weight excluding hydrogens is 278 g/mol. The number of carboxylic acid groups (broad SMARTS) is 1. The van der Waals surface area contributed by atoms with Gasteiger partial charge in [-0.1, -0.05) is 11.6 Å². The molecule has 0 bridgehead atoms. The van der Waals surface area contributed by atoms with Crippen LogP contribution in [-0.4, -0.2) is 23.2 Å². The highest BCUT2D eigenvalue weighted by Gasteiger charge is 2.37. The molecule has 2 unspecified atom stereocenters. The molecule has 0 amide bonds. The summed E-state index contributed by atoms with van der Waals surface area (Å²) in [5.41, 5.74) is 1.87. The molecular formula is C15H18ClNO3. The van der Waals surface area contributed by atoms with E-state index in [4.69, 9.17) is 21.4 Å². The van der Waals surface area contributed by atoms with Crippen LogP contribution in [0, 0.1) is 5.92 Å². The van der Waals surface area contributed by atoms with Crippen LogP contribution in [0.5, 0.6) is 5.75 Å². The van der Waals surface area contributed by atoms with Gasteiger partial charge >= 0.3 is 5.97 Å². The van der Waals surface area contributed by atoms with E-state index in [1.807, 2.05) is 26.0 Å². The Bertz CT molecular complexity index is 570. The van der Waals surface area contributed by atoms with Crippen LogP contribution in [0.1, 0.15) is 37.4 Å². The molecule has 0 spiro atoms. The van der Waals surface area contributed by atoms with Crippen molar-refractivity contribution in [1.82, 2.24) is 5.32 Å². The highest BCUT2D eigenvalue weighted by Crippen LogP contribution is 2.44. The van der Waals surface area contributed by atoms with Gasteiger partial charge in [-0.2, -0.15) is 0 Å². The van der Waals surface area contributed by atoms with Crippen LogP contribution in [0.3, 0.4) is 0 Å². The molecule has 2 heterocycles. The molecule has 5 heteroatoms. The van der Waals surface area contributed by atoms with Crippen molar-refractivity contribution in [1.29, 1.82) is 0 Å². The number of fused-ring (bicyclic) bond motifs is 1. The Morgan fingerprint density at radius 2 is 2.25 bits per heavy atom. The van der Waals surface area contributed by atoms with Crippen LogP contribution in [0.4, 0.5) is 0 Å². The fourth-order valence-electron chi connectivity index (χ4n) is 3.12. The minimum atomic E-state index is -0.750. The maximum atomic E-state index is 11.1. The van der Waals surface area contributed by atoms with Gasteiger partial charge in [0.2, 0.25) is 0 Å². The Labute approximate surface area is 123 Å². The number of carboxylic acids is 1. The van der Waals surface area contributed by atoms with Crippen molar-refractivity contribution in [2.24, 2.45) is 5.92 Å². The second-order valence-corrected chi connectivity index (χ2v) is 6.69. The summed E-state index contributed by atoms with van der Waals surface area (Å²) in [6, 6.07) is 3.83. The summed E-state index contributed by atoms with van der Waals surface area (Å²) in [6.07, 6.45) is 1.40. The van der Waals surface area contributed by atoms with Crippen molar-refractivity contribution in [3.8, 4) is 5.75 Å². The molecule has 0 saturated carbocycles. The highest BCUT2D eigenvalue weighted by molar-refractivity contribution is 6.30. The van der Waals surface area contributed by atoms with E-state index in [-0.39, 0.29) is 17.6 Å². The fourth-order valence-corrected chi connectivity index (χ4v) is 3.37. The van der Waals surface area contributed by atoms with E-state index in [2.05, 4.69) is 5.32 Å². The van der Waals surface area contributed by atoms with Gasteiger partial charge in [0.25, 0.3) is 0 Å². The molecule has 1 aromatic carbocycles. The lowest BCUT2D eigenvalue weighted by Gasteiger charge is -2.20. The number of hydrogen-bond donors (Lipinski definition) is 2. The zero-order chi connectivity index (χ0) is 14.5. The third-order valence-corrected chi connectivity index (χ3v) is 4.23. The Balaban J connectivity index is 1.94. The summed E-state index contributed by atoms with van der Waals surface area (Å²) < 4.78 is 6.04. The van der Waals surface area contributed by atoms with Crippen molar-refractivity contribution in [3.05, 3.63) is 28.3 Å². The molecule has 1 aromatic rings. The minimum Gasteiger partial charge on any atom is -0.487 e. The lowest BCUT2D eigenvalue weighted by molar-refractivity contribution is -0.141. The maximum Gasteiger partial charge on any atom is 0.307 e. The van der Waals surface area contributed by atoms with Crippen LogP contribution in [-0.2, 0) is 11.2 Å². The number of nitrogens with one attached hydrogen (secondary N) is 1. The number of benzene rings is 1. The zero-order valence-corrected chi connectivity index (χ0v) is 12.3. The first-order chi connectivity index (χ1) is 9.35. The second-order valence-electron chi connectivity index (χ2n) is 6.25. The number of aliphatic carboxylic acids is 1. The molecule has 4 nitrogen and oxygen atoms in total. The van der Waals surface area contributed by atoms with Gasteiger partial charge < -0.3 is 15.2 Å². The molecule has 0 radical (unpaired) electrons. The molecule has 108 valence electrons. The molecule has 2 N–H and O–H groups in total. The zero-order valence-electron chi connectivity index (χ0n) is 11.6. The number of hydrogen-bond acceptors (Lipinski definition) is 3. The van der Waals surface area contributed by atoms with Crippen LogP contribution in [0.15, 0.2) is 12.1 Å². The average Bonchev–Trinajstić information content (AvgIpc) is 2.90. The lowest BCUT2D eigenvalue weighted by Crippen LogP contribution is -2.25. The summed E-state index contributed by atoms with van der Waals surface area (Å²) in [7, 11) is 0. The molecule has 2 atom stereocenters. The first-order valence-corrected chi connectivity index (χ1v) is 7.21. The molecule has 1 saturated heterocycles. The highest BCUT2D eigenvalue weighted by atomic mass is 35.5. The van der Waals surface area contributed by atoms with Crippen LogP contribution in [0.25, 0.3) is 0 Å². The van der Waals surface area contributed by atoms with E-state index in [0.717, 1.165) is 23.3 Å². The summed E-state index contributed by atoms with van der Waals surface area (Å²) in [6.45, 7) is 4.59. The predicted octanol–water partition coefficient (Wildman–Crippen LogP) is 2.79. The SMILES string of the molecule is CC1(C)Cc2cc(Cl)cc(C3CC(C(=O)O)CN3)c2O1. The Morgan fingerprint density at radius 3 is 2.90 bits per heavy atom. The molecule has 20 heavy (non-hydrogen) atoms. The molecule has 2 aliphatic rings. The molecule has 0 aromatic heterocycles. The van der Waals surface area contributed by atoms with Gasteiger partial charge in [-0.3, -0.25) is 4.79 Å². The van der Waals surface area contributed by atoms with E-state index < -0.39 is 5.97 Å². The van der Waals surface area contributed by atoms with Gasteiger partial charge in [0.05, 0.1) is 5.92 Å². The Kier molecular flexibility index (Phi) is 3.18. The van der Waals surface area contributed by atoms with Gasteiger partial charge in [-0.05, 0) is 38.0 Å². The summed E-state index contributed by atoms with van der Waals surface area (Å²) in [5, 5.41) is 13.1. The third kappa shape index (κ3) is 2.38. The summed E-state index contributed by atoms with van der Waals surface area (Å²) in [5.74, 6) is -0.216. The van der Waals surface area contributed by atoms with Gasteiger partial charge in [-0.25, -0.2) is 0 Å². The number of ether oxygens (including phenoxy) is 1. The van der Waals surface area contributed by atoms with E-state index >= 15 is 0 Å². The summed E-state index contributed by atoms with van der Waals surface area (Å²) >= 11 is 6.20. The Morgan fingerprint density at radius 1 is 1.50 bits per heavy atom. The van der Waals surface area contributed by atoms with E-state index in [1.165, 1.54) is 0 Å². The number of halogens is 1. The Hall–Kier alpha value is -1.26. The fraction of sp³-hybridized carbons (Fsp3) is 0.533. The van der Waals surface area contributed by atoms with Gasteiger partial charge in [0.15, 0.2) is 0 Å². The van der Waals surface area contributed by atoms with Gasteiger partial charge in [0, 0.05) is 29.6 Å². The van der Waals surface area contributed by atoms with E-state index in [9.17, 15) is 4.79 Å². The summed E-state index contributed by atoms with van der Waals surface area (Å²) in [4.78, 5) is 11.1. The second kappa shape index (κ2) is 4.64. The molecule has 1 fully saturated rings. The van der Waals surface area contributed by atoms with E-state index in [1.54, 1.807) is 0 Å². The maximum absolute atomic E-state index is 11.1. The van der Waals surface area contributed by atoms with Crippen LogP contribution >= 0.6 is 11.6 Å². The average molecular weight is 296 g/mol. The minimum absolute atomic E-state index is 0.00236. The first-order valence-electron chi connectivity index (χ1n) is 6.83. The van der Waals surface area contributed by atoms with Crippen molar-refractivity contribution in [3.63, 3.8) is 0 Å². The monoisotopic (exact) mass is 295 g/mol. The van der Waals surface area contributed by atoms with Crippen molar-refractivity contribution in [2.75, 3.05) is 6.54 Å². The normalized spacial score (nSPS) is 27.1. The van der Waals surface area contributed by atoms with Gasteiger partial charge in [-0.15, -0.1) is 0 Å². The third-order valence-electron chi connectivity index (χ3n) is 4.01. The van der Waals surface area contributed by atoms with Crippen LogP contribution in [0.2, 0.25) is 5.02 Å². The number of carbonyl (C=O) groups is 1. The standard InChI is InChI=1S/C15H18ClNO3/c1-15(2)6-8-3-10(16)5-11(13(8)20-15)12-4-9(7-17-12)14(18)19/h3,5,9,12,17H,4,6-7H2,1-2H3,(H,18,19). The van der Waals surface area contributed by atoms with Crippen molar-refractivity contribution in [2.45, 2.75) is 38.3 Å². The molecule has 2 aliphatic heterocycles. The first kappa shape index (κ1) is 13.7. The quantitative estimate of drug-likeness (QED) is 0.881. The largest absolute Gasteiger partial charge is 0.487 e. The topological polar surface area (TPSA) is 58.6 Å².